The number of rotatable bonds is 6. The fraction of sp³-hybridized carbons (Fsp3) is 0.333. The molecule has 1 aromatic heterocycles. The van der Waals surface area contributed by atoms with Crippen LogP contribution in [0.1, 0.15) is 16.7 Å². The van der Waals surface area contributed by atoms with E-state index in [1.807, 2.05) is 23.6 Å². The van der Waals surface area contributed by atoms with Crippen LogP contribution in [0, 0.1) is 13.8 Å². The molecule has 1 N–H and O–H groups in total. The van der Waals surface area contributed by atoms with E-state index in [1.54, 1.807) is 0 Å². The van der Waals surface area contributed by atoms with Gasteiger partial charge in [0.05, 0.1) is 12.2 Å². The average molecular weight is 489 g/mol. The quantitative estimate of drug-likeness (QED) is 0.498. The number of piperazine rings is 1. The van der Waals surface area contributed by atoms with Crippen molar-refractivity contribution in [2.75, 3.05) is 38.0 Å². The van der Waals surface area contributed by atoms with Gasteiger partial charge >= 0.3 is 0 Å². The lowest BCUT2D eigenvalue weighted by Gasteiger charge is -2.34. The first-order chi connectivity index (χ1) is 15.4. The Kier molecular flexibility index (Phi) is 7.48. The predicted octanol–water partition coefficient (Wildman–Crippen LogP) is 5.49. The highest BCUT2D eigenvalue weighted by atomic mass is 35.5. The standard InChI is InChI=1S/C24H26Cl2N4OS/c1-16-6-7-18(12-17(16)2)22-15-32-24(27-22)28-23(31)14-30-10-8-29(9-11-30)13-19-20(25)4-3-5-21(19)26/h3-7,12,15H,8-11,13-14H2,1-2H3,(H,27,28,31). The molecule has 168 valence electrons. The number of hydrogen-bond acceptors (Lipinski definition) is 5. The van der Waals surface area contributed by atoms with Crippen LogP contribution in [0.3, 0.4) is 0 Å². The molecule has 1 saturated heterocycles. The van der Waals surface area contributed by atoms with Gasteiger partial charge in [-0.15, -0.1) is 11.3 Å². The minimum atomic E-state index is -0.0337. The molecule has 0 saturated carbocycles. The fourth-order valence-electron chi connectivity index (χ4n) is 3.74. The molecule has 1 aliphatic rings. The van der Waals surface area contributed by atoms with E-state index in [0.717, 1.165) is 49.5 Å². The number of carbonyl (C=O) groups is 1. The predicted molar refractivity (Wildman–Crippen MR) is 134 cm³/mol. The molecule has 0 bridgehead atoms. The molecule has 4 rings (SSSR count). The van der Waals surface area contributed by atoms with Gasteiger partial charge in [-0.1, -0.05) is 41.4 Å². The number of hydrogen-bond donors (Lipinski definition) is 1. The number of nitrogens with zero attached hydrogens (tertiary/aromatic N) is 3. The summed E-state index contributed by atoms with van der Waals surface area (Å²) >= 11 is 14.1. The fourth-order valence-corrected chi connectivity index (χ4v) is 4.99. The minimum absolute atomic E-state index is 0.0337. The Bertz CT molecular complexity index is 1090. The number of amides is 1. The molecule has 0 aliphatic carbocycles. The third-order valence-corrected chi connectivity index (χ3v) is 7.29. The van der Waals surface area contributed by atoms with Crippen LogP contribution in [0.2, 0.25) is 10.0 Å². The summed E-state index contributed by atoms with van der Waals surface area (Å²) in [4.78, 5) is 21.6. The summed E-state index contributed by atoms with van der Waals surface area (Å²) < 4.78 is 0. The number of thiazole rings is 1. The Morgan fingerprint density at radius 1 is 1.03 bits per heavy atom. The summed E-state index contributed by atoms with van der Waals surface area (Å²) in [5.74, 6) is -0.0337. The number of nitrogens with one attached hydrogen (secondary N) is 1. The molecular weight excluding hydrogens is 463 g/mol. The van der Waals surface area contributed by atoms with E-state index in [2.05, 4.69) is 52.1 Å². The smallest absolute Gasteiger partial charge is 0.240 e. The maximum absolute atomic E-state index is 12.6. The van der Waals surface area contributed by atoms with Gasteiger partial charge in [0.2, 0.25) is 5.91 Å². The van der Waals surface area contributed by atoms with Crippen molar-refractivity contribution in [1.29, 1.82) is 0 Å². The molecule has 2 heterocycles. The molecule has 1 aliphatic heterocycles. The third-order valence-electron chi connectivity index (χ3n) is 5.83. The highest BCUT2D eigenvalue weighted by Gasteiger charge is 2.21. The maximum atomic E-state index is 12.6. The second-order valence-electron chi connectivity index (χ2n) is 8.14. The second kappa shape index (κ2) is 10.3. The number of aryl methyl sites for hydroxylation is 2. The number of benzene rings is 2. The van der Waals surface area contributed by atoms with Crippen molar-refractivity contribution < 1.29 is 4.79 Å². The van der Waals surface area contributed by atoms with Gasteiger partial charge in [-0.25, -0.2) is 4.98 Å². The van der Waals surface area contributed by atoms with E-state index in [9.17, 15) is 4.79 Å². The average Bonchev–Trinajstić information content (AvgIpc) is 3.22. The van der Waals surface area contributed by atoms with Gasteiger partial charge in [0.15, 0.2) is 5.13 Å². The molecule has 0 radical (unpaired) electrons. The first-order valence-corrected chi connectivity index (χ1v) is 12.2. The van der Waals surface area contributed by atoms with Crippen LogP contribution in [0.5, 0.6) is 0 Å². The summed E-state index contributed by atoms with van der Waals surface area (Å²) in [6, 6.07) is 11.9. The van der Waals surface area contributed by atoms with Crippen molar-refractivity contribution in [3.8, 4) is 11.3 Å². The SMILES string of the molecule is Cc1ccc(-c2csc(NC(=O)CN3CCN(Cc4c(Cl)cccc4Cl)CC3)n2)cc1C. The summed E-state index contributed by atoms with van der Waals surface area (Å²) in [6.45, 7) is 8.64. The van der Waals surface area contributed by atoms with Crippen molar-refractivity contribution in [3.63, 3.8) is 0 Å². The lowest BCUT2D eigenvalue weighted by Crippen LogP contribution is -2.48. The van der Waals surface area contributed by atoms with Gasteiger partial charge in [-0.3, -0.25) is 14.6 Å². The van der Waals surface area contributed by atoms with Gasteiger partial charge < -0.3 is 5.32 Å². The zero-order valence-electron chi connectivity index (χ0n) is 18.2. The molecule has 0 atom stereocenters. The van der Waals surface area contributed by atoms with Crippen LogP contribution < -0.4 is 5.32 Å². The van der Waals surface area contributed by atoms with Crippen molar-refractivity contribution in [2.24, 2.45) is 0 Å². The second-order valence-corrected chi connectivity index (χ2v) is 9.81. The van der Waals surface area contributed by atoms with Gasteiger partial charge in [-0.05, 0) is 43.2 Å². The van der Waals surface area contributed by atoms with Gasteiger partial charge in [0, 0.05) is 59.3 Å². The van der Waals surface area contributed by atoms with Gasteiger partial charge in [0.1, 0.15) is 0 Å². The van der Waals surface area contributed by atoms with Crippen LogP contribution in [0.15, 0.2) is 41.8 Å². The topological polar surface area (TPSA) is 48.5 Å². The molecule has 2 aromatic carbocycles. The Balaban J connectivity index is 1.27. The Labute approximate surface area is 203 Å². The molecule has 8 heteroatoms. The van der Waals surface area contributed by atoms with E-state index in [0.29, 0.717) is 21.7 Å². The lowest BCUT2D eigenvalue weighted by atomic mass is 10.1. The van der Waals surface area contributed by atoms with Gasteiger partial charge in [-0.2, -0.15) is 0 Å². The Hall–Kier alpha value is -1.96. The lowest BCUT2D eigenvalue weighted by molar-refractivity contribution is -0.117. The first kappa shape index (κ1) is 23.2. The van der Waals surface area contributed by atoms with Crippen LogP contribution in [0.4, 0.5) is 5.13 Å². The molecule has 1 fully saturated rings. The summed E-state index contributed by atoms with van der Waals surface area (Å²) in [5, 5.41) is 6.96. The highest BCUT2D eigenvalue weighted by molar-refractivity contribution is 7.14. The Morgan fingerprint density at radius 2 is 1.72 bits per heavy atom. The van der Waals surface area contributed by atoms with E-state index in [-0.39, 0.29) is 5.91 Å². The number of aromatic nitrogens is 1. The molecular formula is C24H26Cl2N4OS. The number of carbonyl (C=O) groups excluding carboxylic acids is 1. The van der Waals surface area contributed by atoms with E-state index in [1.165, 1.54) is 22.5 Å². The third kappa shape index (κ3) is 5.69. The van der Waals surface area contributed by atoms with E-state index >= 15 is 0 Å². The first-order valence-electron chi connectivity index (χ1n) is 10.6. The van der Waals surface area contributed by atoms with Crippen molar-refractivity contribution in [3.05, 3.63) is 68.5 Å². The zero-order chi connectivity index (χ0) is 22.7. The molecule has 5 nitrogen and oxygen atoms in total. The Morgan fingerprint density at radius 3 is 2.41 bits per heavy atom. The molecule has 0 unspecified atom stereocenters. The molecule has 1 amide bonds. The minimum Gasteiger partial charge on any atom is -0.301 e. The molecule has 0 spiro atoms. The molecule has 32 heavy (non-hydrogen) atoms. The highest BCUT2D eigenvalue weighted by Crippen LogP contribution is 2.27. The summed E-state index contributed by atoms with van der Waals surface area (Å²) in [6.07, 6.45) is 0. The van der Waals surface area contributed by atoms with Crippen LogP contribution in [0.25, 0.3) is 11.3 Å². The number of halogens is 2. The summed E-state index contributed by atoms with van der Waals surface area (Å²) in [7, 11) is 0. The molecule has 3 aromatic rings. The van der Waals surface area contributed by atoms with Crippen LogP contribution in [-0.4, -0.2) is 53.4 Å². The maximum Gasteiger partial charge on any atom is 0.240 e. The summed E-state index contributed by atoms with van der Waals surface area (Å²) in [5.41, 5.74) is 5.41. The van der Waals surface area contributed by atoms with E-state index < -0.39 is 0 Å². The van der Waals surface area contributed by atoms with Crippen LogP contribution >= 0.6 is 34.5 Å². The monoisotopic (exact) mass is 488 g/mol. The largest absolute Gasteiger partial charge is 0.301 e. The van der Waals surface area contributed by atoms with Gasteiger partial charge in [0.25, 0.3) is 0 Å². The van der Waals surface area contributed by atoms with Crippen molar-refractivity contribution in [1.82, 2.24) is 14.8 Å². The van der Waals surface area contributed by atoms with E-state index in [4.69, 9.17) is 23.2 Å². The number of anilines is 1. The van der Waals surface area contributed by atoms with Crippen molar-refractivity contribution in [2.45, 2.75) is 20.4 Å². The van der Waals surface area contributed by atoms with Crippen molar-refractivity contribution >= 4 is 45.6 Å². The normalized spacial score (nSPS) is 15.1. The van der Waals surface area contributed by atoms with Crippen LogP contribution in [-0.2, 0) is 11.3 Å². The zero-order valence-corrected chi connectivity index (χ0v) is 20.5.